The largest absolute Gasteiger partial charge is 0.348 e. The molecule has 0 fully saturated rings. The average Bonchev–Trinajstić information content (AvgIpc) is 2.62. The Hall–Kier alpha value is -3.13. The van der Waals surface area contributed by atoms with Crippen LogP contribution in [0.25, 0.3) is 0 Å². The number of hydrogen-bond donors (Lipinski definition) is 2. The Morgan fingerprint density at radius 3 is 2.36 bits per heavy atom. The lowest BCUT2D eigenvalue weighted by molar-refractivity contribution is -0.120. The maximum absolute atomic E-state index is 12.1. The molecule has 0 aromatic heterocycles. The standard InChI is InChI=1S/C20H21N3O2/c1-13-4-7-18(10-14(13)2)20(25)22-12-19(24)23-15(3)17-8-5-16(11-21)6-9-17/h4-10,15H,12H2,1-3H3,(H,22,25)(H,23,24). The Morgan fingerprint density at radius 2 is 1.76 bits per heavy atom. The molecule has 1 unspecified atom stereocenters. The Bertz CT molecular complexity index is 820. The zero-order valence-electron chi connectivity index (χ0n) is 14.6. The molecule has 0 aliphatic rings. The van der Waals surface area contributed by atoms with Gasteiger partial charge in [-0.25, -0.2) is 0 Å². The van der Waals surface area contributed by atoms with Gasteiger partial charge < -0.3 is 10.6 Å². The van der Waals surface area contributed by atoms with Gasteiger partial charge in [0.1, 0.15) is 0 Å². The van der Waals surface area contributed by atoms with Crippen molar-refractivity contribution in [2.24, 2.45) is 0 Å². The molecule has 25 heavy (non-hydrogen) atoms. The van der Waals surface area contributed by atoms with Crippen molar-refractivity contribution in [2.75, 3.05) is 6.54 Å². The first-order valence-corrected chi connectivity index (χ1v) is 8.05. The van der Waals surface area contributed by atoms with Crippen molar-refractivity contribution in [1.82, 2.24) is 10.6 Å². The summed E-state index contributed by atoms with van der Waals surface area (Å²) < 4.78 is 0. The van der Waals surface area contributed by atoms with Crippen LogP contribution in [0, 0.1) is 25.2 Å². The molecular formula is C20H21N3O2. The van der Waals surface area contributed by atoms with E-state index in [4.69, 9.17) is 5.26 Å². The molecule has 2 N–H and O–H groups in total. The van der Waals surface area contributed by atoms with Crippen molar-refractivity contribution in [2.45, 2.75) is 26.8 Å². The summed E-state index contributed by atoms with van der Waals surface area (Å²) in [5, 5.41) is 14.3. The fraction of sp³-hybridized carbons (Fsp3) is 0.250. The number of carbonyl (C=O) groups is 2. The highest BCUT2D eigenvalue weighted by Gasteiger charge is 2.12. The third kappa shape index (κ3) is 4.92. The molecule has 0 spiro atoms. The van der Waals surface area contributed by atoms with Gasteiger partial charge in [-0.2, -0.15) is 5.26 Å². The fourth-order valence-electron chi connectivity index (χ4n) is 2.37. The van der Waals surface area contributed by atoms with Gasteiger partial charge in [0.2, 0.25) is 5.91 Å². The quantitative estimate of drug-likeness (QED) is 0.881. The molecule has 0 saturated heterocycles. The monoisotopic (exact) mass is 335 g/mol. The van der Waals surface area contributed by atoms with Gasteiger partial charge in [-0.05, 0) is 61.7 Å². The minimum absolute atomic E-state index is 0.0909. The summed E-state index contributed by atoms with van der Waals surface area (Å²) in [5.41, 5.74) is 4.16. The summed E-state index contributed by atoms with van der Waals surface area (Å²) in [4.78, 5) is 24.1. The summed E-state index contributed by atoms with van der Waals surface area (Å²) in [6, 6.07) is 14.3. The number of nitriles is 1. The number of carbonyl (C=O) groups excluding carboxylic acids is 2. The molecule has 2 aromatic rings. The highest BCUT2D eigenvalue weighted by molar-refractivity contribution is 5.96. The topological polar surface area (TPSA) is 82.0 Å². The molecule has 0 aliphatic heterocycles. The molecule has 0 aliphatic carbocycles. The molecule has 0 heterocycles. The maximum atomic E-state index is 12.1. The van der Waals surface area contributed by atoms with Crippen molar-refractivity contribution < 1.29 is 9.59 Å². The van der Waals surface area contributed by atoms with Gasteiger partial charge in [-0.1, -0.05) is 18.2 Å². The minimum Gasteiger partial charge on any atom is -0.348 e. The molecule has 2 amide bonds. The molecule has 5 nitrogen and oxygen atoms in total. The molecule has 0 bridgehead atoms. The second kappa shape index (κ2) is 8.11. The van der Waals surface area contributed by atoms with Crippen LogP contribution in [0.15, 0.2) is 42.5 Å². The smallest absolute Gasteiger partial charge is 0.251 e. The van der Waals surface area contributed by atoms with Crippen LogP contribution in [-0.4, -0.2) is 18.4 Å². The molecule has 2 rings (SSSR count). The molecule has 0 radical (unpaired) electrons. The first-order valence-electron chi connectivity index (χ1n) is 8.05. The van der Waals surface area contributed by atoms with E-state index < -0.39 is 0 Å². The Kier molecular flexibility index (Phi) is 5.91. The van der Waals surface area contributed by atoms with E-state index in [2.05, 4.69) is 16.7 Å². The van der Waals surface area contributed by atoms with Gasteiger partial charge in [0, 0.05) is 5.56 Å². The third-order valence-electron chi connectivity index (χ3n) is 4.10. The van der Waals surface area contributed by atoms with Crippen LogP contribution in [0.3, 0.4) is 0 Å². The second-order valence-electron chi connectivity index (χ2n) is 6.00. The fourth-order valence-corrected chi connectivity index (χ4v) is 2.37. The first-order chi connectivity index (χ1) is 11.9. The van der Waals surface area contributed by atoms with Crippen molar-refractivity contribution in [3.05, 3.63) is 70.3 Å². The summed E-state index contributed by atoms with van der Waals surface area (Å²) in [7, 11) is 0. The molecule has 5 heteroatoms. The van der Waals surface area contributed by atoms with Crippen LogP contribution in [0.2, 0.25) is 0 Å². The second-order valence-corrected chi connectivity index (χ2v) is 6.00. The Labute approximate surface area is 147 Å². The molecule has 1 atom stereocenters. The summed E-state index contributed by atoms with van der Waals surface area (Å²) in [6.45, 7) is 5.68. The normalized spacial score (nSPS) is 11.3. The van der Waals surface area contributed by atoms with E-state index in [1.165, 1.54) is 0 Å². The lowest BCUT2D eigenvalue weighted by Gasteiger charge is -2.15. The van der Waals surface area contributed by atoms with Gasteiger partial charge in [-0.3, -0.25) is 9.59 Å². The van der Waals surface area contributed by atoms with Crippen LogP contribution in [0.5, 0.6) is 0 Å². The number of nitrogens with one attached hydrogen (secondary N) is 2. The number of hydrogen-bond acceptors (Lipinski definition) is 3. The van der Waals surface area contributed by atoms with Crippen LogP contribution in [0.1, 0.15) is 45.6 Å². The lowest BCUT2D eigenvalue weighted by atomic mass is 10.1. The maximum Gasteiger partial charge on any atom is 0.251 e. The van der Waals surface area contributed by atoms with E-state index in [0.29, 0.717) is 11.1 Å². The molecule has 0 saturated carbocycles. The molecule has 2 aromatic carbocycles. The SMILES string of the molecule is Cc1ccc(C(=O)NCC(=O)NC(C)c2ccc(C#N)cc2)cc1C. The highest BCUT2D eigenvalue weighted by Crippen LogP contribution is 2.13. The third-order valence-corrected chi connectivity index (χ3v) is 4.10. The van der Waals surface area contributed by atoms with E-state index in [1.54, 1.807) is 30.3 Å². The van der Waals surface area contributed by atoms with Crippen LogP contribution in [-0.2, 0) is 4.79 Å². The van der Waals surface area contributed by atoms with Crippen LogP contribution < -0.4 is 10.6 Å². The van der Waals surface area contributed by atoms with Crippen molar-refractivity contribution in [3.8, 4) is 6.07 Å². The van der Waals surface area contributed by atoms with E-state index >= 15 is 0 Å². The Balaban J connectivity index is 1.87. The van der Waals surface area contributed by atoms with Gasteiger partial charge in [0.05, 0.1) is 24.2 Å². The zero-order valence-corrected chi connectivity index (χ0v) is 14.6. The number of amides is 2. The zero-order chi connectivity index (χ0) is 18.4. The first kappa shape index (κ1) is 18.2. The van der Waals surface area contributed by atoms with Crippen LogP contribution in [0.4, 0.5) is 0 Å². The number of nitrogens with zero attached hydrogens (tertiary/aromatic N) is 1. The summed E-state index contributed by atoms with van der Waals surface area (Å²) in [6.07, 6.45) is 0. The summed E-state index contributed by atoms with van der Waals surface area (Å²) >= 11 is 0. The van der Waals surface area contributed by atoms with Crippen molar-refractivity contribution in [3.63, 3.8) is 0 Å². The van der Waals surface area contributed by atoms with Crippen molar-refractivity contribution >= 4 is 11.8 Å². The minimum atomic E-state index is -0.274. The molecule has 128 valence electrons. The highest BCUT2D eigenvalue weighted by atomic mass is 16.2. The molecular weight excluding hydrogens is 314 g/mol. The van der Waals surface area contributed by atoms with Gasteiger partial charge in [0.15, 0.2) is 0 Å². The number of rotatable bonds is 5. The lowest BCUT2D eigenvalue weighted by Crippen LogP contribution is -2.38. The van der Waals surface area contributed by atoms with E-state index in [0.717, 1.165) is 16.7 Å². The number of aryl methyl sites for hydroxylation is 2. The van der Waals surface area contributed by atoms with Gasteiger partial charge in [-0.15, -0.1) is 0 Å². The van der Waals surface area contributed by atoms with E-state index in [-0.39, 0.29) is 24.4 Å². The van der Waals surface area contributed by atoms with E-state index in [9.17, 15) is 9.59 Å². The van der Waals surface area contributed by atoms with Crippen molar-refractivity contribution in [1.29, 1.82) is 5.26 Å². The summed E-state index contributed by atoms with van der Waals surface area (Å²) in [5.74, 6) is -0.543. The predicted molar refractivity (Wildman–Crippen MR) is 96.0 cm³/mol. The van der Waals surface area contributed by atoms with Gasteiger partial charge >= 0.3 is 0 Å². The Morgan fingerprint density at radius 1 is 1.08 bits per heavy atom. The van der Waals surface area contributed by atoms with Gasteiger partial charge in [0.25, 0.3) is 5.91 Å². The van der Waals surface area contributed by atoms with E-state index in [1.807, 2.05) is 32.9 Å². The van der Waals surface area contributed by atoms with Crippen LogP contribution >= 0.6 is 0 Å². The average molecular weight is 335 g/mol. The number of benzene rings is 2. The predicted octanol–water partition coefficient (Wildman–Crippen LogP) is 2.78.